The lowest BCUT2D eigenvalue weighted by atomic mass is 10.1. The Labute approximate surface area is 136 Å². The Kier molecular flexibility index (Phi) is 4.58. The molecule has 3 heterocycles. The maximum Gasteiger partial charge on any atom is 0.143 e. The number of aromatic nitrogens is 3. The van der Waals surface area contributed by atoms with Gasteiger partial charge in [-0.15, -0.1) is 0 Å². The summed E-state index contributed by atoms with van der Waals surface area (Å²) in [6.45, 7) is 9.00. The van der Waals surface area contributed by atoms with Crippen molar-refractivity contribution in [3.05, 3.63) is 40.9 Å². The molecular weight excluding hydrogens is 306 g/mol. The minimum Gasteiger partial charge on any atom is -0.361 e. The van der Waals surface area contributed by atoms with Gasteiger partial charge in [-0.1, -0.05) is 19.6 Å². The normalized spacial score (nSPS) is 14.5. The summed E-state index contributed by atoms with van der Waals surface area (Å²) in [5.41, 5.74) is 3.08. The van der Waals surface area contributed by atoms with Crippen molar-refractivity contribution in [2.45, 2.75) is 32.4 Å². The first-order valence-electron chi connectivity index (χ1n) is 7.86. The molecule has 122 valence electrons. The quantitative estimate of drug-likeness (QED) is 0.643. The summed E-state index contributed by atoms with van der Waals surface area (Å²) in [6.07, 6.45) is 7.37. The lowest BCUT2D eigenvalue weighted by molar-refractivity contribution is 0.0850. The molecule has 2 aromatic heterocycles. The van der Waals surface area contributed by atoms with Gasteiger partial charge in [0.25, 0.3) is 0 Å². The second-order valence-corrected chi connectivity index (χ2v) is 12.5. The number of aromatic amines is 1. The SMILES string of the molecule is C[Si](C)(C)CCOCn1ccc2c1=NC=NCC=2c1cn[nH]c1. The standard InChI is InChI=1S/C16H23N5OSi/c1-23(2,3)7-6-22-12-21-5-4-14-15(13-8-19-20-9-13)10-17-11-18-16(14)21/h4-5,8-9,11H,6-7,10,12H2,1-3H3,(H,19,20). The van der Waals surface area contributed by atoms with E-state index in [1.165, 1.54) is 6.04 Å². The molecule has 6 nitrogen and oxygen atoms in total. The molecule has 1 aliphatic rings. The summed E-state index contributed by atoms with van der Waals surface area (Å²) >= 11 is 0. The fourth-order valence-corrected chi connectivity index (χ4v) is 3.22. The van der Waals surface area contributed by atoms with Crippen LogP contribution in [0.1, 0.15) is 5.56 Å². The molecule has 1 aliphatic heterocycles. The van der Waals surface area contributed by atoms with Crippen molar-refractivity contribution in [2.75, 3.05) is 13.2 Å². The van der Waals surface area contributed by atoms with E-state index >= 15 is 0 Å². The first-order valence-corrected chi connectivity index (χ1v) is 11.6. The molecule has 0 spiro atoms. The van der Waals surface area contributed by atoms with E-state index in [1.54, 1.807) is 6.34 Å². The summed E-state index contributed by atoms with van der Waals surface area (Å²) < 4.78 is 7.89. The van der Waals surface area contributed by atoms with E-state index in [9.17, 15) is 0 Å². The molecule has 0 saturated heterocycles. The van der Waals surface area contributed by atoms with Crippen molar-refractivity contribution in [1.29, 1.82) is 0 Å². The molecule has 2 aromatic rings. The highest BCUT2D eigenvalue weighted by Gasteiger charge is 2.13. The van der Waals surface area contributed by atoms with Crippen LogP contribution in [0.3, 0.4) is 0 Å². The monoisotopic (exact) mass is 329 g/mol. The molecule has 0 bridgehead atoms. The molecule has 0 amide bonds. The van der Waals surface area contributed by atoms with Crippen LogP contribution < -0.4 is 10.7 Å². The molecule has 0 fully saturated rings. The number of rotatable bonds is 6. The van der Waals surface area contributed by atoms with Gasteiger partial charge < -0.3 is 9.30 Å². The topological polar surface area (TPSA) is 67.6 Å². The highest BCUT2D eigenvalue weighted by atomic mass is 28.3. The van der Waals surface area contributed by atoms with Crippen molar-refractivity contribution >= 4 is 20.0 Å². The van der Waals surface area contributed by atoms with E-state index in [0.29, 0.717) is 13.3 Å². The number of aliphatic imine (C=N–C) groups is 1. The summed E-state index contributed by atoms with van der Waals surface area (Å²) in [7, 11) is -1.06. The Morgan fingerprint density at radius 3 is 2.96 bits per heavy atom. The van der Waals surface area contributed by atoms with Crippen LogP contribution in [0, 0.1) is 0 Å². The van der Waals surface area contributed by atoms with Crippen molar-refractivity contribution in [3.8, 4) is 0 Å². The highest BCUT2D eigenvalue weighted by molar-refractivity contribution is 6.76. The molecule has 0 radical (unpaired) electrons. The predicted octanol–water partition coefficient (Wildman–Crippen LogP) is 1.38. The Morgan fingerprint density at radius 2 is 2.22 bits per heavy atom. The van der Waals surface area contributed by atoms with Crippen LogP contribution in [-0.4, -0.2) is 42.3 Å². The van der Waals surface area contributed by atoms with E-state index in [1.807, 2.05) is 23.2 Å². The van der Waals surface area contributed by atoms with Crippen LogP contribution in [0.4, 0.5) is 0 Å². The average molecular weight is 329 g/mol. The molecule has 0 saturated carbocycles. The predicted molar refractivity (Wildman–Crippen MR) is 93.8 cm³/mol. The minimum absolute atomic E-state index is 0.524. The highest BCUT2D eigenvalue weighted by Crippen LogP contribution is 2.10. The first-order chi connectivity index (χ1) is 11.0. The van der Waals surface area contributed by atoms with Crippen molar-refractivity contribution < 1.29 is 4.74 Å². The molecule has 3 rings (SSSR count). The van der Waals surface area contributed by atoms with Crippen molar-refractivity contribution in [2.24, 2.45) is 9.98 Å². The van der Waals surface area contributed by atoms with Crippen LogP contribution >= 0.6 is 0 Å². The van der Waals surface area contributed by atoms with E-state index in [2.05, 4.69) is 45.9 Å². The van der Waals surface area contributed by atoms with Gasteiger partial charge in [-0.3, -0.25) is 10.1 Å². The van der Waals surface area contributed by atoms with Gasteiger partial charge in [0.2, 0.25) is 0 Å². The fourth-order valence-electron chi connectivity index (χ4n) is 2.46. The smallest absolute Gasteiger partial charge is 0.143 e. The average Bonchev–Trinajstić information content (AvgIpc) is 3.10. The van der Waals surface area contributed by atoms with Crippen LogP contribution in [0.2, 0.25) is 25.7 Å². The Bertz CT molecular complexity index is 799. The second-order valence-electron chi connectivity index (χ2n) is 6.92. The van der Waals surface area contributed by atoms with Crippen LogP contribution in [0.5, 0.6) is 0 Å². The first kappa shape index (κ1) is 15.9. The number of hydrogen-bond acceptors (Lipinski definition) is 4. The Morgan fingerprint density at radius 1 is 1.35 bits per heavy atom. The molecule has 7 heteroatoms. The van der Waals surface area contributed by atoms with E-state index < -0.39 is 8.07 Å². The molecule has 0 atom stereocenters. The van der Waals surface area contributed by atoms with Crippen LogP contribution in [0.25, 0.3) is 5.57 Å². The number of fused-ring (bicyclic) bond motifs is 1. The maximum absolute atomic E-state index is 5.85. The maximum atomic E-state index is 5.85. The van der Waals surface area contributed by atoms with Crippen LogP contribution in [0.15, 0.2) is 34.6 Å². The molecule has 0 aromatic carbocycles. The van der Waals surface area contributed by atoms with Crippen molar-refractivity contribution in [1.82, 2.24) is 14.8 Å². The zero-order chi connectivity index (χ0) is 16.3. The van der Waals surface area contributed by atoms with Gasteiger partial charge in [0, 0.05) is 37.9 Å². The number of H-pyrrole nitrogens is 1. The second kappa shape index (κ2) is 6.63. The van der Waals surface area contributed by atoms with Crippen LogP contribution in [-0.2, 0) is 11.5 Å². The molecule has 0 aliphatic carbocycles. The number of nitrogens with one attached hydrogen (secondary N) is 1. The summed E-state index contributed by atoms with van der Waals surface area (Å²) in [6, 6.07) is 3.25. The minimum atomic E-state index is -1.06. The van der Waals surface area contributed by atoms with Gasteiger partial charge in [0.15, 0.2) is 0 Å². The molecule has 0 unspecified atom stereocenters. The van der Waals surface area contributed by atoms with Crippen molar-refractivity contribution in [3.63, 3.8) is 0 Å². The van der Waals surface area contributed by atoms with E-state index in [-0.39, 0.29) is 0 Å². The summed E-state index contributed by atoms with van der Waals surface area (Å²) in [4.78, 5) is 8.83. The van der Waals surface area contributed by atoms with E-state index in [0.717, 1.165) is 28.4 Å². The third kappa shape index (κ3) is 3.86. The fraction of sp³-hybridized carbons (Fsp3) is 0.438. The van der Waals surface area contributed by atoms with Gasteiger partial charge in [-0.05, 0) is 17.7 Å². The Hall–Kier alpha value is -1.99. The zero-order valence-electron chi connectivity index (χ0n) is 13.9. The lowest BCUT2D eigenvalue weighted by Gasteiger charge is -2.15. The van der Waals surface area contributed by atoms with Gasteiger partial charge in [-0.25, -0.2) is 4.99 Å². The molecular formula is C16H23N5OSi. The molecule has 23 heavy (non-hydrogen) atoms. The van der Waals surface area contributed by atoms with E-state index in [4.69, 9.17) is 4.74 Å². The van der Waals surface area contributed by atoms with Gasteiger partial charge in [0.1, 0.15) is 18.6 Å². The summed E-state index contributed by atoms with van der Waals surface area (Å²) in [5.74, 6) is 0. The number of hydrogen-bond donors (Lipinski definition) is 1. The third-order valence-corrected chi connectivity index (χ3v) is 5.55. The largest absolute Gasteiger partial charge is 0.361 e. The lowest BCUT2D eigenvalue weighted by Crippen LogP contribution is -2.32. The summed E-state index contributed by atoms with van der Waals surface area (Å²) in [5, 5.41) is 7.99. The van der Waals surface area contributed by atoms with Gasteiger partial charge in [-0.2, -0.15) is 5.10 Å². The van der Waals surface area contributed by atoms with Gasteiger partial charge >= 0.3 is 0 Å². The Balaban J connectivity index is 1.84. The van der Waals surface area contributed by atoms with Gasteiger partial charge in [0.05, 0.1) is 12.7 Å². The zero-order valence-corrected chi connectivity index (χ0v) is 14.9. The number of nitrogens with zero attached hydrogens (tertiary/aromatic N) is 4. The molecule has 1 N–H and O–H groups in total. The third-order valence-electron chi connectivity index (χ3n) is 3.84. The number of ether oxygens (including phenoxy) is 1.